The number of carbonyl (C=O) groups excluding carboxylic acids is 1. The van der Waals surface area contributed by atoms with Gasteiger partial charge in [-0.05, 0) is 56.3 Å². The average Bonchev–Trinajstić information content (AvgIpc) is 2.57. The van der Waals surface area contributed by atoms with E-state index in [4.69, 9.17) is 0 Å². The van der Waals surface area contributed by atoms with Crippen LogP contribution in [0, 0.1) is 13.8 Å². The number of amides is 1. The van der Waals surface area contributed by atoms with Crippen LogP contribution in [0.2, 0.25) is 0 Å². The van der Waals surface area contributed by atoms with Gasteiger partial charge in [-0.1, -0.05) is 12.1 Å². The normalized spacial score (nSPS) is 11.2. The van der Waals surface area contributed by atoms with Crippen molar-refractivity contribution in [3.63, 3.8) is 0 Å². The van der Waals surface area contributed by atoms with E-state index < -0.39 is 10.0 Å². The molecule has 2 aromatic carbocycles. The maximum atomic E-state index is 12.7. The highest BCUT2D eigenvalue weighted by atomic mass is 32.2. The molecule has 25 heavy (non-hydrogen) atoms. The van der Waals surface area contributed by atoms with Crippen LogP contribution in [0.25, 0.3) is 0 Å². The zero-order chi connectivity index (χ0) is 18.8. The molecule has 0 fully saturated rings. The molecular weight excluding hydrogens is 338 g/mol. The molecule has 7 heteroatoms. The number of para-hydroxylation sites is 2. The number of nitrogens with zero attached hydrogens (tertiary/aromatic N) is 1. The molecular formula is C18H23N3O3S. The number of aryl methyl sites for hydroxylation is 1. The number of hydrogen-bond donors (Lipinski definition) is 2. The largest absolute Gasteiger partial charge is 0.376 e. The summed E-state index contributed by atoms with van der Waals surface area (Å²) in [6, 6.07) is 10.5. The summed E-state index contributed by atoms with van der Waals surface area (Å²) < 4.78 is 26.7. The van der Waals surface area contributed by atoms with Gasteiger partial charge < -0.3 is 10.2 Å². The van der Waals surface area contributed by atoms with Gasteiger partial charge in [-0.25, -0.2) is 13.1 Å². The monoisotopic (exact) mass is 361 g/mol. The van der Waals surface area contributed by atoms with E-state index >= 15 is 0 Å². The average molecular weight is 361 g/mol. The molecule has 0 aliphatic heterocycles. The summed E-state index contributed by atoms with van der Waals surface area (Å²) in [7, 11) is 1.49. The van der Waals surface area contributed by atoms with E-state index in [1.54, 1.807) is 26.0 Å². The molecule has 0 atom stereocenters. The van der Waals surface area contributed by atoms with Crippen LogP contribution < -0.4 is 14.9 Å². The van der Waals surface area contributed by atoms with E-state index in [0.717, 1.165) is 11.3 Å². The molecule has 2 aromatic rings. The molecule has 6 nitrogen and oxygen atoms in total. The smallest absolute Gasteiger partial charge is 0.255 e. The molecule has 0 bridgehead atoms. The SMILES string of the molecule is CNS(=O)(=O)c1cc(C(=O)Nc2ccccc2N(C)C)cc(C)c1C. The molecule has 0 aliphatic carbocycles. The summed E-state index contributed by atoms with van der Waals surface area (Å²) in [5.41, 5.74) is 3.18. The van der Waals surface area contributed by atoms with Crippen molar-refractivity contribution in [2.75, 3.05) is 31.4 Å². The second-order valence-electron chi connectivity index (χ2n) is 5.99. The predicted molar refractivity (Wildman–Crippen MR) is 101 cm³/mol. The number of nitrogens with one attached hydrogen (secondary N) is 2. The third kappa shape index (κ3) is 4.00. The Morgan fingerprint density at radius 3 is 2.32 bits per heavy atom. The minimum atomic E-state index is -3.64. The van der Waals surface area contributed by atoms with Crippen LogP contribution >= 0.6 is 0 Å². The van der Waals surface area contributed by atoms with Gasteiger partial charge in [-0.3, -0.25) is 4.79 Å². The second-order valence-corrected chi connectivity index (χ2v) is 7.84. The highest BCUT2D eigenvalue weighted by Gasteiger charge is 2.20. The molecule has 2 N–H and O–H groups in total. The van der Waals surface area contributed by atoms with E-state index in [1.165, 1.54) is 13.1 Å². The Kier molecular flexibility index (Phi) is 5.49. The van der Waals surface area contributed by atoms with Crippen LogP contribution in [0.15, 0.2) is 41.3 Å². The van der Waals surface area contributed by atoms with Crippen LogP contribution in [-0.4, -0.2) is 35.5 Å². The highest BCUT2D eigenvalue weighted by Crippen LogP contribution is 2.25. The summed E-state index contributed by atoms with van der Waals surface area (Å²) in [6.07, 6.45) is 0. The Balaban J connectivity index is 2.45. The van der Waals surface area contributed by atoms with Crippen molar-refractivity contribution < 1.29 is 13.2 Å². The quantitative estimate of drug-likeness (QED) is 0.858. The summed E-state index contributed by atoms with van der Waals surface area (Å²) in [4.78, 5) is 14.7. The van der Waals surface area contributed by atoms with Gasteiger partial charge in [0.05, 0.1) is 16.3 Å². The fourth-order valence-electron chi connectivity index (χ4n) is 2.51. The number of anilines is 2. The van der Waals surface area contributed by atoms with Gasteiger partial charge >= 0.3 is 0 Å². The summed E-state index contributed by atoms with van der Waals surface area (Å²) in [5, 5.41) is 2.86. The predicted octanol–water partition coefficient (Wildman–Crippen LogP) is 2.53. The molecule has 0 spiro atoms. The number of rotatable bonds is 5. The molecule has 2 rings (SSSR count). The van der Waals surface area contributed by atoms with Crippen LogP contribution in [0.1, 0.15) is 21.5 Å². The lowest BCUT2D eigenvalue weighted by atomic mass is 10.1. The Bertz CT molecular complexity index is 906. The van der Waals surface area contributed by atoms with Crippen molar-refractivity contribution in [2.45, 2.75) is 18.7 Å². The first kappa shape index (κ1) is 19.0. The molecule has 0 unspecified atom stereocenters. The van der Waals surface area contributed by atoms with E-state index in [1.807, 2.05) is 37.2 Å². The first-order valence-electron chi connectivity index (χ1n) is 7.80. The fourth-order valence-corrected chi connectivity index (χ4v) is 3.58. The Morgan fingerprint density at radius 2 is 1.72 bits per heavy atom. The number of benzene rings is 2. The highest BCUT2D eigenvalue weighted by molar-refractivity contribution is 7.89. The van der Waals surface area contributed by atoms with Crippen molar-refractivity contribution in [3.05, 3.63) is 53.1 Å². The zero-order valence-corrected chi connectivity index (χ0v) is 15.9. The Morgan fingerprint density at radius 1 is 1.08 bits per heavy atom. The Labute approximate surface area is 148 Å². The van der Waals surface area contributed by atoms with Crippen LogP contribution in [0.3, 0.4) is 0 Å². The maximum Gasteiger partial charge on any atom is 0.255 e. The van der Waals surface area contributed by atoms with Crippen LogP contribution in [-0.2, 0) is 10.0 Å². The lowest BCUT2D eigenvalue weighted by Gasteiger charge is -2.18. The molecule has 0 radical (unpaired) electrons. The topological polar surface area (TPSA) is 78.5 Å². The summed E-state index contributed by atoms with van der Waals surface area (Å²) in [5.74, 6) is -0.357. The van der Waals surface area contributed by atoms with E-state index in [-0.39, 0.29) is 10.8 Å². The van der Waals surface area contributed by atoms with E-state index in [0.29, 0.717) is 16.8 Å². The minimum Gasteiger partial charge on any atom is -0.376 e. The zero-order valence-electron chi connectivity index (χ0n) is 15.0. The third-order valence-corrected chi connectivity index (χ3v) is 5.61. The van der Waals surface area contributed by atoms with Gasteiger partial charge in [0, 0.05) is 19.7 Å². The van der Waals surface area contributed by atoms with Gasteiger partial charge in [0.15, 0.2) is 0 Å². The van der Waals surface area contributed by atoms with Crippen molar-refractivity contribution in [1.29, 1.82) is 0 Å². The Hall–Kier alpha value is -2.38. The summed E-state index contributed by atoms with van der Waals surface area (Å²) >= 11 is 0. The second kappa shape index (κ2) is 7.25. The number of carbonyl (C=O) groups is 1. The standard InChI is InChI=1S/C18H23N3O3S/c1-12-10-14(11-17(13(12)2)25(23,24)19-3)18(22)20-15-8-6-7-9-16(15)21(4)5/h6-11,19H,1-5H3,(H,20,22). The molecule has 0 saturated carbocycles. The molecule has 0 saturated heterocycles. The maximum absolute atomic E-state index is 12.7. The lowest BCUT2D eigenvalue weighted by Crippen LogP contribution is -2.22. The molecule has 0 aromatic heterocycles. The minimum absolute atomic E-state index is 0.112. The number of sulfonamides is 1. The van der Waals surface area contributed by atoms with Crippen molar-refractivity contribution in [1.82, 2.24) is 4.72 Å². The molecule has 134 valence electrons. The van der Waals surface area contributed by atoms with Crippen molar-refractivity contribution in [3.8, 4) is 0 Å². The van der Waals surface area contributed by atoms with Gasteiger partial charge in [0.25, 0.3) is 5.91 Å². The van der Waals surface area contributed by atoms with Crippen LogP contribution in [0.5, 0.6) is 0 Å². The molecule has 0 aliphatic rings. The van der Waals surface area contributed by atoms with E-state index in [2.05, 4.69) is 10.0 Å². The van der Waals surface area contributed by atoms with Gasteiger partial charge in [0.2, 0.25) is 10.0 Å². The first-order chi connectivity index (χ1) is 11.7. The molecule has 0 heterocycles. The third-order valence-electron chi connectivity index (χ3n) is 4.07. The van der Waals surface area contributed by atoms with Gasteiger partial charge in [-0.2, -0.15) is 0 Å². The van der Waals surface area contributed by atoms with Gasteiger partial charge in [-0.15, -0.1) is 0 Å². The number of hydrogen-bond acceptors (Lipinski definition) is 4. The van der Waals surface area contributed by atoms with Crippen LogP contribution in [0.4, 0.5) is 11.4 Å². The fraction of sp³-hybridized carbons (Fsp3) is 0.278. The molecule has 1 amide bonds. The van der Waals surface area contributed by atoms with Crippen molar-refractivity contribution in [2.24, 2.45) is 0 Å². The first-order valence-corrected chi connectivity index (χ1v) is 9.28. The lowest BCUT2D eigenvalue weighted by molar-refractivity contribution is 0.102. The van der Waals surface area contributed by atoms with Gasteiger partial charge in [0.1, 0.15) is 0 Å². The van der Waals surface area contributed by atoms with Crippen molar-refractivity contribution >= 4 is 27.3 Å². The summed E-state index contributed by atoms with van der Waals surface area (Å²) in [6.45, 7) is 3.51. The van der Waals surface area contributed by atoms with E-state index in [9.17, 15) is 13.2 Å².